The van der Waals surface area contributed by atoms with Crippen molar-refractivity contribution in [3.05, 3.63) is 0 Å². The lowest BCUT2D eigenvalue weighted by Gasteiger charge is -2.57. The number of hydrogen-bond donors (Lipinski definition) is 1. The summed E-state index contributed by atoms with van der Waals surface area (Å²) in [5, 5.41) is 3.22. The molecule has 4 aliphatic rings. The number of fused-ring (bicyclic) bond motifs is 2. The van der Waals surface area contributed by atoms with E-state index >= 15 is 0 Å². The van der Waals surface area contributed by atoms with Crippen LogP contribution in [0.3, 0.4) is 0 Å². The number of rotatable bonds is 2. The highest BCUT2D eigenvalue weighted by molar-refractivity contribution is 7.91. The summed E-state index contributed by atoms with van der Waals surface area (Å²) in [5.41, 5.74) is 0.147. The van der Waals surface area contributed by atoms with Crippen LogP contribution in [0.25, 0.3) is 0 Å². The van der Waals surface area contributed by atoms with E-state index in [2.05, 4.69) is 5.32 Å². The summed E-state index contributed by atoms with van der Waals surface area (Å²) in [5.74, 6) is 0.261. The Morgan fingerprint density at radius 3 is 2.62 bits per heavy atom. The Bertz CT molecular complexity index is 552. The molecule has 21 heavy (non-hydrogen) atoms. The molecule has 2 aliphatic carbocycles. The first kappa shape index (κ1) is 14.0. The Balaban J connectivity index is 1.47. The fourth-order valence-corrected chi connectivity index (χ4v) is 6.92. The minimum atomic E-state index is -3.00. The Morgan fingerprint density at radius 2 is 1.95 bits per heavy atom. The first-order valence-electron chi connectivity index (χ1n) is 8.14. The zero-order valence-electron chi connectivity index (χ0n) is 12.2. The highest BCUT2D eigenvalue weighted by Gasteiger charge is 2.65. The fourth-order valence-electron chi connectivity index (χ4n) is 5.18. The van der Waals surface area contributed by atoms with Gasteiger partial charge in [-0.2, -0.15) is 0 Å². The maximum atomic E-state index is 12.4. The monoisotopic (exact) mass is 313 g/mol. The van der Waals surface area contributed by atoms with Gasteiger partial charge in [0, 0.05) is 24.0 Å². The summed E-state index contributed by atoms with van der Waals surface area (Å²) in [6, 6.07) is 0.211. The molecule has 1 amide bonds. The third-order valence-corrected chi connectivity index (χ3v) is 7.96. The standard InChI is InChI=1S/C15H23NO4S/c17-14(10-4-8-21(18,19)9-10)16-12-11-3-7-20-13(11)15(12)5-1-2-6-15/h10-13H,1-9H2,(H,16,17). The van der Waals surface area contributed by atoms with Crippen molar-refractivity contribution in [3.8, 4) is 0 Å². The van der Waals surface area contributed by atoms with Crippen LogP contribution in [0, 0.1) is 17.3 Å². The SMILES string of the molecule is O=C(NC1C2CCOC2C12CCCC2)C1CCS(=O)(=O)C1. The average molecular weight is 313 g/mol. The maximum Gasteiger partial charge on any atom is 0.224 e. The molecule has 2 aliphatic heterocycles. The van der Waals surface area contributed by atoms with Gasteiger partial charge in [0.2, 0.25) is 5.91 Å². The molecule has 4 atom stereocenters. The van der Waals surface area contributed by atoms with E-state index in [1.807, 2.05) is 0 Å². The smallest absolute Gasteiger partial charge is 0.224 e. The summed E-state index contributed by atoms with van der Waals surface area (Å²) >= 11 is 0. The average Bonchev–Trinajstić information content (AvgIpc) is 3.13. The molecule has 0 bridgehead atoms. The van der Waals surface area contributed by atoms with Gasteiger partial charge in [0.25, 0.3) is 0 Å². The Hall–Kier alpha value is -0.620. The molecule has 0 radical (unpaired) electrons. The fraction of sp³-hybridized carbons (Fsp3) is 0.933. The number of nitrogens with one attached hydrogen (secondary N) is 1. The van der Waals surface area contributed by atoms with Crippen molar-refractivity contribution in [1.82, 2.24) is 5.32 Å². The Morgan fingerprint density at radius 1 is 1.19 bits per heavy atom. The number of carbonyl (C=O) groups excluding carboxylic acids is 1. The van der Waals surface area contributed by atoms with Crippen molar-refractivity contribution in [3.63, 3.8) is 0 Å². The maximum absolute atomic E-state index is 12.4. The van der Waals surface area contributed by atoms with E-state index < -0.39 is 9.84 Å². The third kappa shape index (κ3) is 2.05. The minimum Gasteiger partial charge on any atom is -0.377 e. The number of hydrogen-bond acceptors (Lipinski definition) is 4. The number of sulfone groups is 1. The molecule has 5 nitrogen and oxygen atoms in total. The summed E-state index contributed by atoms with van der Waals surface area (Å²) in [7, 11) is -3.00. The van der Waals surface area contributed by atoms with Crippen molar-refractivity contribution < 1.29 is 17.9 Å². The van der Waals surface area contributed by atoms with Crippen LogP contribution >= 0.6 is 0 Å². The lowest BCUT2D eigenvalue weighted by atomic mass is 9.54. The zero-order valence-corrected chi connectivity index (χ0v) is 13.0. The molecule has 4 unspecified atom stereocenters. The highest BCUT2D eigenvalue weighted by atomic mass is 32.2. The van der Waals surface area contributed by atoms with Gasteiger partial charge < -0.3 is 10.1 Å². The lowest BCUT2D eigenvalue weighted by molar-refractivity contribution is -0.147. The van der Waals surface area contributed by atoms with Gasteiger partial charge in [0.1, 0.15) is 0 Å². The first-order chi connectivity index (χ1) is 10.0. The van der Waals surface area contributed by atoms with E-state index in [0.29, 0.717) is 18.4 Å². The van der Waals surface area contributed by atoms with Gasteiger partial charge in [-0.25, -0.2) is 8.42 Å². The largest absolute Gasteiger partial charge is 0.377 e. The number of amides is 1. The van der Waals surface area contributed by atoms with E-state index in [0.717, 1.165) is 25.9 Å². The van der Waals surface area contributed by atoms with Crippen LogP contribution in [0.4, 0.5) is 0 Å². The zero-order chi connectivity index (χ0) is 14.7. The molecule has 118 valence electrons. The minimum absolute atomic E-state index is 0.0309. The quantitative estimate of drug-likeness (QED) is 0.821. The van der Waals surface area contributed by atoms with Crippen LogP contribution in [-0.4, -0.2) is 44.6 Å². The van der Waals surface area contributed by atoms with Gasteiger partial charge in [0.15, 0.2) is 9.84 Å². The van der Waals surface area contributed by atoms with Crippen LogP contribution in [-0.2, 0) is 19.4 Å². The van der Waals surface area contributed by atoms with Crippen LogP contribution in [0.5, 0.6) is 0 Å². The molecule has 2 saturated heterocycles. The van der Waals surface area contributed by atoms with Crippen LogP contribution in [0.15, 0.2) is 0 Å². The predicted molar refractivity (Wildman–Crippen MR) is 77.4 cm³/mol. The molecular weight excluding hydrogens is 290 g/mol. The molecule has 0 aromatic carbocycles. The Labute approximate surface area is 125 Å². The van der Waals surface area contributed by atoms with E-state index in [1.165, 1.54) is 12.8 Å². The Kier molecular flexibility index (Phi) is 3.12. The summed E-state index contributed by atoms with van der Waals surface area (Å²) in [6.07, 6.45) is 6.56. The molecule has 1 spiro atoms. The van der Waals surface area contributed by atoms with E-state index in [1.54, 1.807) is 0 Å². The van der Waals surface area contributed by atoms with Gasteiger partial charge in [-0.3, -0.25) is 4.79 Å². The molecule has 0 aromatic rings. The third-order valence-electron chi connectivity index (χ3n) is 6.19. The number of carbonyl (C=O) groups is 1. The van der Waals surface area contributed by atoms with Crippen LogP contribution in [0.1, 0.15) is 38.5 Å². The molecule has 4 fully saturated rings. The molecule has 2 saturated carbocycles. The van der Waals surface area contributed by atoms with Gasteiger partial charge in [-0.05, 0) is 25.7 Å². The lowest BCUT2D eigenvalue weighted by Crippen LogP contribution is -2.68. The molecule has 2 heterocycles. The van der Waals surface area contributed by atoms with Crippen molar-refractivity contribution in [1.29, 1.82) is 0 Å². The van der Waals surface area contributed by atoms with Gasteiger partial charge in [-0.15, -0.1) is 0 Å². The van der Waals surface area contributed by atoms with Gasteiger partial charge >= 0.3 is 0 Å². The molecule has 1 N–H and O–H groups in total. The van der Waals surface area contributed by atoms with Crippen LogP contribution in [0.2, 0.25) is 0 Å². The second-order valence-corrected chi connectivity index (χ2v) is 9.50. The molecule has 6 heteroatoms. The van der Waals surface area contributed by atoms with E-state index in [4.69, 9.17) is 4.74 Å². The second-order valence-electron chi connectivity index (χ2n) is 7.27. The van der Waals surface area contributed by atoms with E-state index in [9.17, 15) is 13.2 Å². The van der Waals surface area contributed by atoms with E-state index in [-0.39, 0.29) is 34.8 Å². The highest BCUT2D eigenvalue weighted by Crippen LogP contribution is 2.60. The second kappa shape index (κ2) is 4.69. The first-order valence-corrected chi connectivity index (χ1v) is 9.96. The normalized spacial score (nSPS) is 42.7. The van der Waals surface area contributed by atoms with Crippen molar-refractivity contribution in [2.75, 3.05) is 18.1 Å². The summed E-state index contributed by atoms with van der Waals surface area (Å²) in [4.78, 5) is 12.4. The summed E-state index contributed by atoms with van der Waals surface area (Å²) in [6.45, 7) is 0.807. The van der Waals surface area contributed by atoms with Gasteiger partial charge in [0.05, 0.1) is 23.5 Å². The number of ether oxygens (including phenoxy) is 1. The van der Waals surface area contributed by atoms with Gasteiger partial charge in [-0.1, -0.05) is 12.8 Å². The molecular formula is C15H23NO4S. The summed E-state index contributed by atoms with van der Waals surface area (Å²) < 4.78 is 29.0. The van der Waals surface area contributed by atoms with Crippen molar-refractivity contribution in [2.45, 2.75) is 50.7 Å². The van der Waals surface area contributed by atoms with Crippen molar-refractivity contribution in [2.24, 2.45) is 17.3 Å². The molecule has 4 rings (SSSR count). The topological polar surface area (TPSA) is 72.5 Å². The predicted octanol–water partition coefficient (Wildman–Crippen LogP) is 0.885. The van der Waals surface area contributed by atoms with Crippen LogP contribution < -0.4 is 5.32 Å². The molecule has 0 aromatic heterocycles. The van der Waals surface area contributed by atoms with Crippen molar-refractivity contribution >= 4 is 15.7 Å².